The molecule has 0 bridgehead atoms. The van der Waals surface area contributed by atoms with Crippen molar-refractivity contribution in [2.45, 2.75) is 58.1 Å². The van der Waals surface area contributed by atoms with Gasteiger partial charge in [-0.2, -0.15) is 0 Å². The zero-order valence-corrected chi connectivity index (χ0v) is 17.0. The van der Waals surface area contributed by atoms with E-state index < -0.39 is 5.60 Å². The fourth-order valence-corrected chi connectivity index (χ4v) is 3.49. The van der Waals surface area contributed by atoms with E-state index in [4.69, 9.17) is 0 Å². The third kappa shape index (κ3) is 5.32. The Balaban J connectivity index is 1.57. The van der Waals surface area contributed by atoms with E-state index in [0.29, 0.717) is 5.96 Å². The van der Waals surface area contributed by atoms with Crippen LogP contribution in [0.25, 0.3) is 0 Å². The molecule has 0 fully saturated rings. The molecule has 1 unspecified atom stereocenters. The van der Waals surface area contributed by atoms with E-state index in [0.717, 1.165) is 49.7 Å². The van der Waals surface area contributed by atoms with Crippen LogP contribution in [0, 0.1) is 0 Å². The molecule has 0 saturated heterocycles. The van der Waals surface area contributed by atoms with Crippen molar-refractivity contribution in [1.29, 1.82) is 0 Å². The highest BCUT2D eigenvalue weighted by atomic mass is 16.3. The molecule has 0 saturated carbocycles. The molecule has 3 rings (SSSR count). The lowest BCUT2D eigenvalue weighted by molar-refractivity contribution is 0.0672. The zero-order chi connectivity index (χ0) is 19.8. The molecule has 3 N–H and O–H groups in total. The van der Waals surface area contributed by atoms with Gasteiger partial charge in [0.05, 0.1) is 6.54 Å². The van der Waals surface area contributed by atoms with Gasteiger partial charge in [0.2, 0.25) is 0 Å². The predicted octanol–water partition coefficient (Wildman–Crippen LogP) is 2.01. The molecule has 1 aromatic carbocycles. The van der Waals surface area contributed by atoms with Crippen molar-refractivity contribution in [3.8, 4) is 0 Å². The lowest BCUT2D eigenvalue weighted by Crippen LogP contribution is -2.40. The van der Waals surface area contributed by atoms with Crippen LogP contribution in [0.4, 0.5) is 0 Å². The average Bonchev–Trinajstić information content (AvgIpc) is 2.93. The molecule has 2 heterocycles. The third-order valence-corrected chi connectivity index (χ3v) is 5.11. The summed E-state index contributed by atoms with van der Waals surface area (Å²) in [4.78, 5) is 4.58. The second-order valence-electron chi connectivity index (χ2n) is 7.51. The smallest absolute Gasteiger partial charge is 0.191 e. The van der Waals surface area contributed by atoms with E-state index >= 15 is 0 Å². The van der Waals surface area contributed by atoms with E-state index in [1.807, 2.05) is 37.3 Å². The number of hydrogen-bond acceptors (Lipinski definition) is 4. The molecule has 152 valence electrons. The summed E-state index contributed by atoms with van der Waals surface area (Å²) in [5.74, 6) is 2.86. The average molecular weight is 385 g/mol. The van der Waals surface area contributed by atoms with Gasteiger partial charge >= 0.3 is 0 Å². The quantitative estimate of drug-likeness (QED) is 0.502. The van der Waals surface area contributed by atoms with Crippen LogP contribution in [0.2, 0.25) is 0 Å². The first-order valence-electron chi connectivity index (χ1n) is 10.3. The Morgan fingerprint density at radius 1 is 1.18 bits per heavy atom. The number of benzene rings is 1. The van der Waals surface area contributed by atoms with Crippen molar-refractivity contribution in [2.75, 3.05) is 19.6 Å². The molecule has 0 aliphatic carbocycles. The largest absolute Gasteiger partial charge is 0.384 e. The fraction of sp³-hybridized carbons (Fsp3) is 0.571. The molecule has 1 aromatic heterocycles. The summed E-state index contributed by atoms with van der Waals surface area (Å²) in [5, 5.41) is 26.1. The fourth-order valence-electron chi connectivity index (χ4n) is 3.49. The molecular formula is C21H32N6O. The highest BCUT2D eigenvalue weighted by Gasteiger charge is 2.22. The van der Waals surface area contributed by atoms with Crippen molar-refractivity contribution >= 4 is 5.96 Å². The minimum Gasteiger partial charge on any atom is -0.384 e. The summed E-state index contributed by atoms with van der Waals surface area (Å²) < 4.78 is 2.28. The van der Waals surface area contributed by atoms with Crippen molar-refractivity contribution in [3.63, 3.8) is 0 Å². The minimum atomic E-state index is -1.01. The molecule has 28 heavy (non-hydrogen) atoms. The molecule has 0 spiro atoms. The van der Waals surface area contributed by atoms with Crippen molar-refractivity contribution in [3.05, 3.63) is 47.5 Å². The van der Waals surface area contributed by atoms with Gasteiger partial charge in [-0.15, -0.1) is 10.2 Å². The second kappa shape index (κ2) is 9.68. The first-order chi connectivity index (χ1) is 13.6. The monoisotopic (exact) mass is 384 g/mol. The lowest BCUT2D eigenvalue weighted by Gasteiger charge is -2.22. The van der Waals surface area contributed by atoms with Crippen molar-refractivity contribution in [2.24, 2.45) is 4.99 Å². The summed E-state index contributed by atoms with van der Waals surface area (Å²) in [6.07, 6.45) is 5.49. The Labute approximate surface area is 167 Å². The lowest BCUT2D eigenvalue weighted by atomic mass is 9.96. The van der Waals surface area contributed by atoms with Crippen LogP contribution in [0.5, 0.6) is 0 Å². The normalized spacial score (nSPS) is 16.8. The van der Waals surface area contributed by atoms with Crippen LogP contribution in [0.3, 0.4) is 0 Å². The highest BCUT2D eigenvalue weighted by molar-refractivity contribution is 5.79. The van der Waals surface area contributed by atoms with Crippen LogP contribution in [-0.2, 0) is 25.0 Å². The number of hydrogen-bond donors (Lipinski definition) is 3. The van der Waals surface area contributed by atoms with Crippen LogP contribution in [0.1, 0.15) is 50.3 Å². The Morgan fingerprint density at radius 3 is 2.79 bits per heavy atom. The Bertz CT molecular complexity index is 768. The molecule has 1 aliphatic rings. The van der Waals surface area contributed by atoms with E-state index in [1.54, 1.807) is 6.92 Å². The maximum absolute atomic E-state index is 10.8. The van der Waals surface area contributed by atoms with Crippen LogP contribution >= 0.6 is 0 Å². The minimum absolute atomic E-state index is 0.284. The number of rotatable bonds is 7. The summed E-state index contributed by atoms with van der Waals surface area (Å²) in [5.41, 5.74) is -0.144. The molecule has 0 radical (unpaired) electrons. The number of guanidine groups is 1. The van der Waals surface area contributed by atoms with Crippen LogP contribution < -0.4 is 10.6 Å². The summed E-state index contributed by atoms with van der Waals surface area (Å²) in [7, 11) is 0. The zero-order valence-electron chi connectivity index (χ0n) is 17.0. The van der Waals surface area contributed by atoms with Gasteiger partial charge in [-0.1, -0.05) is 36.8 Å². The SMILES string of the molecule is CCNC(=NCC(C)(O)c1ccccc1)NCCc1nnc2n1CCCCC2. The van der Waals surface area contributed by atoms with E-state index in [1.165, 1.54) is 19.3 Å². The molecule has 1 aliphatic heterocycles. The summed E-state index contributed by atoms with van der Waals surface area (Å²) in [6.45, 7) is 6.61. The Hall–Kier alpha value is -2.41. The van der Waals surface area contributed by atoms with Crippen molar-refractivity contribution < 1.29 is 5.11 Å². The van der Waals surface area contributed by atoms with Crippen LogP contribution in [-0.4, -0.2) is 45.5 Å². The molecule has 1 atom stereocenters. The van der Waals surface area contributed by atoms with Gasteiger partial charge in [0.15, 0.2) is 5.96 Å². The number of aliphatic imine (C=N–C) groups is 1. The van der Waals surface area contributed by atoms with Crippen LogP contribution in [0.15, 0.2) is 35.3 Å². The van der Waals surface area contributed by atoms with Gasteiger partial charge in [0, 0.05) is 32.5 Å². The van der Waals surface area contributed by atoms with E-state index in [2.05, 4.69) is 30.4 Å². The predicted molar refractivity (Wildman–Crippen MR) is 111 cm³/mol. The van der Waals surface area contributed by atoms with Gasteiger partial charge in [-0.25, -0.2) is 4.99 Å². The maximum Gasteiger partial charge on any atom is 0.191 e. The number of fused-ring (bicyclic) bond motifs is 1. The Kier molecular flexibility index (Phi) is 7.03. The first kappa shape index (κ1) is 20.3. The molecule has 0 amide bonds. The molecular weight excluding hydrogens is 352 g/mol. The number of aliphatic hydroxyl groups is 1. The van der Waals surface area contributed by atoms with Crippen molar-refractivity contribution in [1.82, 2.24) is 25.4 Å². The molecule has 7 nitrogen and oxygen atoms in total. The first-order valence-corrected chi connectivity index (χ1v) is 10.3. The standard InChI is InChI=1S/C21H32N6O/c1-3-22-20(24-16-21(2,28)17-10-6-4-7-11-17)23-14-13-19-26-25-18-12-8-5-9-15-27(18)19/h4,6-7,10-11,28H,3,5,8-9,12-16H2,1-2H3,(H2,22,23,24). The second-order valence-corrected chi connectivity index (χ2v) is 7.51. The van der Waals surface area contributed by atoms with Gasteiger partial charge in [0.25, 0.3) is 0 Å². The molecule has 7 heteroatoms. The Morgan fingerprint density at radius 2 is 2.00 bits per heavy atom. The van der Waals surface area contributed by atoms with Gasteiger partial charge in [0.1, 0.15) is 17.2 Å². The topological polar surface area (TPSA) is 87.4 Å². The maximum atomic E-state index is 10.8. The van der Waals surface area contributed by atoms with Gasteiger partial charge < -0.3 is 20.3 Å². The van der Waals surface area contributed by atoms with E-state index in [9.17, 15) is 5.11 Å². The van der Waals surface area contributed by atoms with Gasteiger partial charge in [-0.3, -0.25) is 0 Å². The van der Waals surface area contributed by atoms with E-state index in [-0.39, 0.29) is 6.54 Å². The third-order valence-electron chi connectivity index (χ3n) is 5.11. The number of aryl methyl sites for hydroxylation is 1. The summed E-state index contributed by atoms with van der Waals surface area (Å²) >= 11 is 0. The summed E-state index contributed by atoms with van der Waals surface area (Å²) in [6, 6.07) is 9.65. The number of nitrogens with one attached hydrogen (secondary N) is 2. The molecule has 2 aromatic rings. The number of nitrogens with zero attached hydrogens (tertiary/aromatic N) is 4. The van der Waals surface area contributed by atoms with Gasteiger partial charge in [-0.05, 0) is 32.3 Å². The number of aromatic nitrogens is 3. The highest BCUT2D eigenvalue weighted by Crippen LogP contribution is 2.20.